The standard InChI is InChI=1S/C25H28FN4O2.C4H6O6/c1-29(20-13-16-30(2,3)17-14-20)25(31)24-27-15-12-23(28-24)18-4-8-21(9-5-18)32-22-10-6-19(26)7-11-22;5-1(3(7)8)2(6)4(9)10/h4-12,15,20H,13-14,16-17H2,1-3H3;1-2,5-6H,(H,7,8)(H,9,10)/q+1;. The van der Waals surface area contributed by atoms with Gasteiger partial charge in [0.2, 0.25) is 5.82 Å². The minimum atomic E-state index is -2.27. The van der Waals surface area contributed by atoms with E-state index in [9.17, 15) is 18.8 Å². The zero-order valence-electron chi connectivity index (χ0n) is 23.4. The summed E-state index contributed by atoms with van der Waals surface area (Å²) in [7, 11) is 6.29. The summed E-state index contributed by atoms with van der Waals surface area (Å²) in [5.74, 6) is -2.61. The lowest BCUT2D eigenvalue weighted by molar-refractivity contribution is -0.895. The molecular formula is C29H34FN4O8+. The lowest BCUT2D eigenvalue weighted by Crippen LogP contribution is -2.52. The predicted octanol–water partition coefficient (Wildman–Crippen LogP) is 2.26. The van der Waals surface area contributed by atoms with E-state index in [-0.39, 0.29) is 23.6 Å². The number of rotatable bonds is 8. The molecule has 42 heavy (non-hydrogen) atoms. The Bertz CT molecular complexity index is 1360. The molecule has 2 atom stereocenters. The van der Waals surface area contributed by atoms with Crippen LogP contribution in [0.3, 0.4) is 0 Å². The first kappa shape index (κ1) is 32.1. The van der Waals surface area contributed by atoms with E-state index in [2.05, 4.69) is 24.1 Å². The van der Waals surface area contributed by atoms with Crippen molar-refractivity contribution in [2.45, 2.75) is 31.1 Å². The number of aromatic nitrogens is 2. The number of carboxylic acid groups (broad SMARTS) is 2. The smallest absolute Gasteiger partial charge is 0.335 e. The van der Waals surface area contributed by atoms with E-state index in [4.69, 9.17) is 25.2 Å². The number of halogens is 1. The van der Waals surface area contributed by atoms with Crippen molar-refractivity contribution in [2.75, 3.05) is 34.2 Å². The number of hydrogen-bond donors (Lipinski definition) is 4. The number of aliphatic hydroxyl groups excluding tert-OH is 2. The summed E-state index contributed by atoms with van der Waals surface area (Å²) < 4.78 is 19.8. The van der Waals surface area contributed by atoms with Crippen molar-refractivity contribution in [1.29, 1.82) is 0 Å². The Labute approximate surface area is 241 Å². The second-order valence-electron chi connectivity index (χ2n) is 10.4. The van der Waals surface area contributed by atoms with Crippen LogP contribution in [-0.2, 0) is 9.59 Å². The molecule has 0 radical (unpaired) electrons. The monoisotopic (exact) mass is 585 g/mol. The van der Waals surface area contributed by atoms with Gasteiger partial charge in [-0.05, 0) is 54.6 Å². The average Bonchev–Trinajstić information content (AvgIpc) is 2.97. The number of benzene rings is 2. The van der Waals surface area contributed by atoms with E-state index in [1.807, 2.05) is 31.3 Å². The van der Waals surface area contributed by atoms with Gasteiger partial charge in [0.25, 0.3) is 5.91 Å². The van der Waals surface area contributed by atoms with Crippen LogP contribution in [0.2, 0.25) is 0 Å². The summed E-state index contributed by atoms with van der Waals surface area (Å²) in [6, 6.07) is 15.2. The van der Waals surface area contributed by atoms with Crippen molar-refractivity contribution in [3.05, 3.63) is 72.4 Å². The number of likely N-dealkylation sites (tertiary alicyclic amines) is 1. The van der Waals surface area contributed by atoms with Gasteiger partial charge in [-0.2, -0.15) is 0 Å². The molecule has 0 saturated carbocycles. The van der Waals surface area contributed by atoms with Crippen molar-refractivity contribution in [3.63, 3.8) is 0 Å². The fourth-order valence-corrected chi connectivity index (χ4v) is 4.19. The Hall–Kier alpha value is -4.46. The third kappa shape index (κ3) is 8.77. The number of nitrogens with zero attached hydrogens (tertiary/aromatic N) is 4. The first-order valence-corrected chi connectivity index (χ1v) is 13.1. The zero-order chi connectivity index (χ0) is 31.0. The Balaban J connectivity index is 0.000000416. The number of quaternary nitrogens is 1. The molecule has 1 aromatic heterocycles. The number of aliphatic carboxylic acids is 2. The SMILES string of the molecule is CN(C(=O)c1nccc(-c2ccc(Oc3ccc(F)cc3)cc2)n1)C1CC[N+](C)(C)CC1.O=C(O)C(O)C(O)C(=O)O. The number of piperidine rings is 1. The van der Waals surface area contributed by atoms with Crippen LogP contribution in [0.15, 0.2) is 60.8 Å². The van der Waals surface area contributed by atoms with Gasteiger partial charge in [-0.25, -0.2) is 23.9 Å². The average molecular weight is 586 g/mol. The van der Waals surface area contributed by atoms with Crippen molar-refractivity contribution in [2.24, 2.45) is 0 Å². The molecule has 3 aromatic rings. The normalized spacial score (nSPS) is 15.9. The summed E-state index contributed by atoms with van der Waals surface area (Å²) in [5, 5.41) is 32.5. The molecule has 2 heterocycles. The number of amides is 1. The molecule has 1 aliphatic rings. The number of aliphatic hydroxyl groups is 2. The maximum absolute atomic E-state index is 13.0. The van der Waals surface area contributed by atoms with Crippen LogP contribution < -0.4 is 4.74 Å². The molecule has 0 aliphatic carbocycles. The molecule has 4 rings (SSSR count). The fraction of sp³-hybridized carbons (Fsp3) is 0.345. The van der Waals surface area contributed by atoms with E-state index in [0.717, 1.165) is 36.0 Å². The summed E-state index contributed by atoms with van der Waals surface area (Å²) in [6.45, 7) is 2.10. The Morgan fingerprint density at radius 1 is 0.905 bits per heavy atom. The minimum Gasteiger partial charge on any atom is -0.479 e. The zero-order valence-corrected chi connectivity index (χ0v) is 23.4. The third-order valence-corrected chi connectivity index (χ3v) is 6.85. The fourth-order valence-electron chi connectivity index (χ4n) is 4.19. The first-order valence-electron chi connectivity index (χ1n) is 13.1. The predicted molar refractivity (Wildman–Crippen MR) is 148 cm³/mol. The number of hydrogen-bond acceptors (Lipinski definition) is 8. The van der Waals surface area contributed by atoms with Gasteiger partial charge in [-0.1, -0.05) is 0 Å². The van der Waals surface area contributed by atoms with E-state index in [1.165, 1.54) is 12.1 Å². The summed E-state index contributed by atoms with van der Waals surface area (Å²) >= 11 is 0. The molecule has 2 unspecified atom stereocenters. The van der Waals surface area contributed by atoms with Crippen LogP contribution in [0.5, 0.6) is 11.5 Å². The summed E-state index contributed by atoms with van der Waals surface area (Å²) in [4.78, 5) is 43.1. The molecular weight excluding hydrogens is 551 g/mol. The van der Waals surface area contributed by atoms with Crippen LogP contribution in [0.4, 0.5) is 4.39 Å². The lowest BCUT2D eigenvalue weighted by Gasteiger charge is -2.40. The topological polar surface area (TPSA) is 170 Å². The van der Waals surface area contributed by atoms with Crippen molar-refractivity contribution in [1.82, 2.24) is 14.9 Å². The second-order valence-corrected chi connectivity index (χ2v) is 10.4. The summed E-state index contributed by atoms with van der Waals surface area (Å²) in [5.41, 5.74) is 1.53. The number of ether oxygens (including phenoxy) is 1. The quantitative estimate of drug-likeness (QED) is 0.288. The highest BCUT2D eigenvalue weighted by Crippen LogP contribution is 2.26. The van der Waals surface area contributed by atoms with E-state index >= 15 is 0 Å². The molecule has 13 heteroatoms. The van der Waals surface area contributed by atoms with Gasteiger partial charge < -0.3 is 34.5 Å². The largest absolute Gasteiger partial charge is 0.479 e. The van der Waals surface area contributed by atoms with Crippen molar-refractivity contribution < 1.29 is 48.4 Å². The molecule has 2 aromatic carbocycles. The lowest BCUT2D eigenvalue weighted by atomic mass is 10.0. The second kappa shape index (κ2) is 13.9. The van der Waals surface area contributed by atoms with Gasteiger partial charge in [-0.3, -0.25) is 4.79 Å². The molecule has 1 saturated heterocycles. The van der Waals surface area contributed by atoms with Crippen molar-refractivity contribution >= 4 is 17.8 Å². The van der Waals surface area contributed by atoms with E-state index < -0.39 is 24.1 Å². The molecule has 0 spiro atoms. The van der Waals surface area contributed by atoms with Crippen LogP contribution in [0, 0.1) is 5.82 Å². The van der Waals surface area contributed by atoms with Crippen molar-refractivity contribution in [3.8, 4) is 22.8 Å². The first-order chi connectivity index (χ1) is 19.8. The maximum atomic E-state index is 13.0. The van der Waals surface area contributed by atoms with E-state index in [0.29, 0.717) is 17.2 Å². The molecule has 224 valence electrons. The number of carboxylic acids is 2. The van der Waals surface area contributed by atoms with Crippen LogP contribution in [-0.4, -0.2) is 110 Å². The minimum absolute atomic E-state index is 0.152. The van der Waals surface area contributed by atoms with Gasteiger partial charge in [0.1, 0.15) is 17.3 Å². The molecule has 0 bridgehead atoms. The van der Waals surface area contributed by atoms with Gasteiger partial charge in [0.05, 0.1) is 32.9 Å². The van der Waals surface area contributed by atoms with Crippen LogP contribution in [0.25, 0.3) is 11.3 Å². The molecule has 1 amide bonds. The number of carbonyl (C=O) groups excluding carboxylic acids is 1. The Morgan fingerprint density at radius 3 is 1.90 bits per heavy atom. The Morgan fingerprint density at radius 2 is 1.40 bits per heavy atom. The highest BCUT2D eigenvalue weighted by Gasteiger charge is 2.32. The maximum Gasteiger partial charge on any atom is 0.335 e. The molecule has 12 nitrogen and oxygen atoms in total. The van der Waals surface area contributed by atoms with Crippen LogP contribution >= 0.6 is 0 Å². The molecule has 4 N–H and O–H groups in total. The number of carbonyl (C=O) groups is 3. The summed E-state index contributed by atoms with van der Waals surface area (Å²) in [6.07, 6.45) is -0.961. The van der Waals surface area contributed by atoms with Gasteiger partial charge >= 0.3 is 11.9 Å². The highest BCUT2D eigenvalue weighted by atomic mass is 19.1. The van der Waals surface area contributed by atoms with E-state index in [1.54, 1.807) is 29.3 Å². The van der Waals surface area contributed by atoms with Gasteiger partial charge in [-0.15, -0.1) is 0 Å². The molecule has 1 aliphatic heterocycles. The molecule has 1 fully saturated rings. The van der Waals surface area contributed by atoms with Gasteiger partial charge in [0, 0.05) is 37.7 Å². The van der Waals surface area contributed by atoms with Crippen LogP contribution in [0.1, 0.15) is 23.5 Å². The highest BCUT2D eigenvalue weighted by molar-refractivity contribution is 5.91. The third-order valence-electron chi connectivity index (χ3n) is 6.85. The Kier molecular flexibility index (Phi) is 10.6. The van der Waals surface area contributed by atoms with Gasteiger partial charge in [0.15, 0.2) is 12.2 Å².